The van der Waals surface area contributed by atoms with Gasteiger partial charge in [-0.2, -0.15) is 15.2 Å². The Morgan fingerprint density at radius 1 is 1.11 bits per heavy atom. The molecule has 1 fully saturated rings. The number of hydrogen-bond acceptors (Lipinski definition) is 9. The van der Waals surface area contributed by atoms with Crippen LogP contribution in [0, 0.1) is 18.3 Å². The predicted molar refractivity (Wildman–Crippen MR) is 140 cm³/mol. The zero-order valence-electron chi connectivity index (χ0n) is 20.1. The quantitative estimate of drug-likeness (QED) is 0.425. The fourth-order valence-corrected chi connectivity index (χ4v) is 4.38. The molecule has 0 aliphatic carbocycles. The van der Waals surface area contributed by atoms with E-state index >= 15 is 0 Å². The van der Waals surface area contributed by atoms with Gasteiger partial charge in [-0.1, -0.05) is 23.7 Å². The topological polar surface area (TPSA) is 134 Å². The van der Waals surface area contributed by atoms with Crippen LogP contribution in [0.15, 0.2) is 48.7 Å². The lowest BCUT2D eigenvalue weighted by atomic mass is 10.1. The molecule has 1 amide bonds. The largest absolute Gasteiger partial charge is 0.483 e. The normalized spacial score (nSPS) is 13.4. The van der Waals surface area contributed by atoms with Crippen LogP contribution in [0.5, 0.6) is 5.75 Å². The third-order valence-corrected chi connectivity index (χ3v) is 6.37. The van der Waals surface area contributed by atoms with Gasteiger partial charge in [-0.15, -0.1) is 0 Å². The van der Waals surface area contributed by atoms with Crippen LogP contribution >= 0.6 is 11.6 Å². The van der Waals surface area contributed by atoms with E-state index in [1.807, 2.05) is 24.0 Å². The van der Waals surface area contributed by atoms with Gasteiger partial charge in [0.15, 0.2) is 23.6 Å². The number of carbonyl (C=O) groups excluding carboxylic acids is 1. The lowest BCUT2D eigenvalue weighted by Gasteiger charge is -2.35. The lowest BCUT2D eigenvalue weighted by molar-refractivity contribution is -0.133. The van der Waals surface area contributed by atoms with Crippen molar-refractivity contribution in [2.45, 2.75) is 6.92 Å². The molecule has 2 aromatic carbocycles. The summed E-state index contributed by atoms with van der Waals surface area (Å²) in [4.78, 5) is 34.5. The molecule has 2 aromatic heterocycles. The van der Waals surface area contributed by atoms with Crippen LogP contribution in [0.1, 0.15) is 11.1 Å². The number of anilines is 2. The van der Waals surface area contributed by atoms with E-state index in [1.54, 1.807) is 41.4 Å². The molecule has 37 heavy (non-hydrogen) atoms. The first-order valence-corrected chi connectivity index (χ1v) is 12.0. The number of amides is 1. The summed E-state index contributed by atoms with van der Waals surface area (Å²) in [6.45, 7) is 3.91. The molecule has 0 bridgehead atoms. The van der Waals surface area contributed by atoms with Crippen LogP contribution < -0.4 is 15.4 Å². The summed E-state index contributed by atoms with van der Waals surface area (Å²) in [5.74, 6) is 1.22. The fourth-order valence-electron chi connectivity index (χ4n) is 4.16. The number of nitrogens with zero attached hydrogens (tertiary/aromatic N) is 7. The van der Waals surface area contributed by atoms with E-state index in [1.165, 1.54) is 0 Å². The van der Waals surface area contributed by atoms with Crippen LogP contribution in [0.2, 0.25) is 5.02 Å². The SMILES string of the molecule is Cc1cc(Cl)ccc1OCC(=O)N1CCN(c2nc(N)nc3ncc(-c4ccc(C#N)cc4)nc23)CC1. The Bertz CT molecular complexity index is 1510. The van der Waals surface area contributed by atoms with E-state index in [0.717, 1.165) is 11.1 Å². The van der Waals surface area contributed by atoms with Crippen molar-refractivity contribution in [3.05, 3.63) is 64.8 Å². The van der Waals surface area contributed by atoms with Crippen LogP contribution in [-0.4, -0.2) is 63.5 Å². The van der Waals surface area contributed by atoms with Crippen molar-refractivity contribution in [2.75, 3.05) is 43.4 Å². The number of hydrogen-bond donors (Lipinski definition) is 1. The Labute approximate surface area is 218 Å². The molecule has 1 saturated heterocycles. The average Bonchev–Trinajstić information content (AvgIpc) is 2.92. The summed E-state index contributed by atoms with van der Waals surface area (Å²) in [5, 5.41) is 9.68. The second-order valence-electron chi connectivity index (χ2n) is 8.59. The zero-order valence-corrected chi connectivity index (χ0v) is 20.8. The summed E-state index contributed by atoms with van der Waals surface area (Å²) < 4.78 is 5.72. The number of nitrogen functional groups attached to an aromatic ring is 1. The van der Waals surface area contributed by atoms with Gasteiger partial charge in [0.2, 0.25) is 5.95 Å². The highest BCUT2D eigenvalue weighted by molar-refractivity contribution is 6.30. The number of nitriles is 1. The molecule has 0 unspecified atom stereocenters. The fraction of sp³-hybridized carbons (Fsp3) is 0.231. The van der Waals surface area contributed by atoms with Crippen molar-refractivity contribution >= 4 is 40.4 Å². The third-order valence-electron chi connectivity index (χ3n) is 6.14. The molecule has 5 rings (SSSR count). The molecule has 11 heteroatoms. The van der Waals surface area contributed by atoms with Crippen LogP contribution in [0.3, 0.4) is 0 Å². The maximum atomic E-state index is 12.8. The van der Waals surface area contributed by atoms with E-state index < -0.39 is 0 Å². The van der Waals surface area contributed by atoms with Gasteiger partial charge < -0.3 is 20.3 Å². The van der Waals surface area contributed by atoms with E-state index in [4.69, 9.17) is 32.3 Å². The Morgan fingerprint density at radius 3 is 2.57 bits per heavy atom. The lowest BCUT2D eigenvalue weighted by Crippen LogP contribution is -2.50. The van der Waals surface area contributed by atoms with Gasteiger partial charge in [-0.25, -0.2) is 9.97 Å². The molecule has 0 radical (unpaired) electrons. The Balaban J connectivity index is 1.30. The Kier molecular flexibility index (Phi) is 6.70. The highest BCUT2D eigenvalue weighted by Crippen LogP contribution is 2.27. The van der Waals surface area contributed by atoms with Crippen molar-refractivity contribution in [1.29, 1.82) is 5.26 Å². The number of aromatic nitrogens is 4. The number of carbonyl (C=O) groups is 1. The van der Waals surface area contributed by atoms with Gasteiger partial charge in [0.25, 0.3) is 5.91 Å². The van der Waals surface area contributed by atoms with Crippen LogP contribution in [0.25, 0.3) is 22.4 Å². The average molecular weight is 515 g/mol. The minimum atomic E-state index is -0.0936. The van der Waals surface area contributed by atoms with Gasteiger partial charge in [-0.05, 0) is 42.8 Å². The number of fused-ring (bicyclic) bond motifs is 1. The molecule has 186 valence electrons. The maximum absolute atomic E-state index is 12.8. The van der Waals surface area contributed by atoms with Crippen molar-refractivity contribution < 1.29 is 9.53 Å². The standard InChI is InChI=1S/C26H23ClN8O2/c1-16-12-19(27)6-7-21(16)37-15-22(36)34-8-10-35(11-9-34)25-23-24(32-26(29)33-25)30-14-20(31-23)18-4-2-17(13-28)3-5-18/h2-7,12,14H,8-11,15H2,1H3,(H2,29,30,32,33). The van der Waals surface area contributed by atoms with E-state index in [9.17, 15) is 4.79 Å². The second kappa shape index (κ2) is 10.2. The Hall–Kier alpha value is -4.49. The summed E-state index contributed by atoms with van der Waals surface area (Å²) in [5.41, 5.74) is 9.78. The Morgan fingerprint density at radius 2 is 1.86 bits per heavy atom. The number of rotatable bonds is 5. The van der Waals surface area contributed by atoms with Gasteiger partial charge in [0.1, 0.15) is 5.75 Å². The molecule has 2 N–H and O–H groups in total. The number of ether oxygens (including phenoxy) is 1. The summed E-state index contributed by atoms with van der Waals surface area (Å²) in [6, 6.07) is 14.5. The van der Waals surface area contributed by atoms with E-state index in [-0.39, 0.29) is 18.5 Å². The first-order valence-electron chi connectivity index (χ1n) is 11.6. The van der Waals surface area contributed by atoms with Gasteiger partial charge >= 0.3 is 0 Å². The summed E-state index contributed by atoms with van der Waals surface area (Å²) in [6.07, 6.45) is 1.62. The molecule has 3 heterocycles. The first kappa shape index (κ1) is 24.2. The molecular formula is C26H23ClN8O2. The molecular weight excluding hydrogens is 492 g/mol. The minimum Gasteiger partial charge on any atom is -0.483 e. The molecule has 0 saturated carbocycles. The first-order chi connectivity index (χ1) is 17.9. The number of piperazine rings is 1. The number of nitrogens with two attached hydrogens (primary N) is 1. The predicted octanol–water partition coefficient (Wildman–Crippen LogP) is 3.23. The van der Waals surface area contributed by atoms with Crippen molar-refractivity contribution in [1.82, 2.24) is 24.8 Å². The van der Waals surface area contributed by atoms with Crippen LogP contribution in [-0.2, 0) is 4.79 Å². The molecule has 1 aliphatic heterocycles. The molecule has 1 aliphatic rings. The zero-order chi connectivity index (χ0) is 25.9. The molecule has 4 aromatic rings. The van der Waals surface area contributed by atoms with Crippen molar-refractivity contribution in [3.63, 3.8) is 0 Å². The maximum Gasteiger partial charge on any atom is 0.260 e. The highest BCUT2D eigenvalue weighted by atomic mass is 35.5. The van der Waals surface area contributed by atoms with Crippen LogP contribution in [0.4, 0.5) is 11.8 Å². The van der Waals surface area contributed by atoms with Gasteiger partial charge in [0, 0.05) is 36.8 Å². The van der Waals surface area contributed by atoms with Gasteiger partial charge in [-0.3, -0.25) is 4.79 Å². The summed E-state index contributed by atoms with van der Waals surface area (Å²) >= 11 is 5.99. The monoisotopic (exact) mass is 514 g/mol. The minimum absolute atomic E-state index is 0.0503. The van der Waals surface area contributed by atoms with Crippen molar-refractivity contribution in [3.8, 4) is 23.1 Å². The van der Waals surface area contributed by atoms with E-state index in [2.05, 4.69) is 21.0 Å². The number of benzene rings is 2. The molecule has 0 spiro atoms. The summed E-state index contributed by atoms with van der Waals surface area (Å²) in [7, 11) is 0. The van der Waals surface area contributed by atoms with E-state index in [0.29, 0.717) is 65.2 Å². The second-order valence-corrected chi connectivity index (χ2v) is 9.02. The van der Waals surface area contributed by atoms with Gasteiger partial charge in [0.05, 0.1) is 23.5 Å². The molecule has 10 nitrogen and oxygen atoms in total. The highest BCUT2D eigenvalue weighted by Gasteiger charge is 2.25. The molecule has 0 atom stereocenters. The smallest absolute Gasteiger partial charge is 0.260 e. The number of halogens is 1. The third kappa shape index (κ3) is 5.22. The number of aryl methyl sites for hydroxylation is 1. The van der Waals surface area contributed by atoms with Crippen molar-refractivity contribution in [2.24, 2.45) is 0 Å².